The molecule has 2 aliphatic rings. The topological polar surface area (TPSA) is 37.3 Å². The summed E-state index contributed by atoms with van der Waals surface area (Å²) in [7, 11) is 0. The largest absolute Gasteiger partial charge is 0.478 e. The first-order chi connectivity index (χ1) is 13.9. The summed E-state index contributed by atoms with van der Waals surface area (Å²) < 4.78 is 0. The lowest BCUT2D eigenvalue weighted by atomic mass is 9.69. The van der Waals surface area contributed by atoms with Gasteiger partial charge < -0.3 is 5.11 Å². The molecular weight excluding hydrogens is 356 g/mol. The first-order valence-electron chi connectivity index (χ1n) is 10.8. The molecule has 0 aromatic heterocycles. The van der Waals surface area contributed by atoms with Gasteiger partial charge in [0.1, 0.15) is 0 Å². The fraction of sp³-hybridized carbons (Fsp3) is 0.370. The van der Waals surface area contributed by atoms with Crippen LogP contribution in [0, 0.1) is 0 Å². The van der Waals surface area contributed by atoms with E-state index in [1.54, 1.807) is 23.3 Å². The second-order valence-corrected chi connectivity index (χ2v) is 9.09. The lowest BCUT2D eigenvalue weighted by Gasteiger charge is -2.36. The van der Waals surface area contributed by atoms with Gasteiger partial charge in [0, 0.05) is 0 Å². The Kier molecular flexibility index (Phi) is 5.45. The summed E-state index contributed by atoms with van der Waals surface area (Å²) in [6.45, 7) is 4.74. The van der Waals surface area contributed by atoms with E-state index in [2.05, 4.69) is 44.2 Å². The van der Waals surface area contributed by atoms with Crippen molar-refractivity contribution >= 4 is 23.7 Å². The number of carboxylic acids is 1. The molecule has 29 heavy (non-hydrogen) atoms. The van der Waals surface area contributed by atoms with Crippen molar-refractivity contribution in [3.8, 4) is 0 Å². The Morgan fingerprint density at radius 3 is 2.24 bits per heavy atom. The molecule has 0 amide bonds. The van der Waals surface area contributed by atoms with Crippen LogP contribution in [0.3, 0.4) is 0 Å². The van der Waals surface area contributed by atoms with Crippen molar-refractivity contribution in [2.45, 2.75) is 64.2 Å². The molecule has 0 unspecified atom stereocenters. The van der Waals surface area contributed by atoms with Crippen LogP contribution in [-0.4, -0.2) is 11.1 Å². The Balaban J connectivity index is 1.67. The van der Waals surface area contributed by atoms with Crippen molar-refractivity contribution in [2.75, 3.05) is 0 Å². The van der Waals surface area contributed by atoms with Crippen LogP contribution in [0.2, 0.25) is 0 Å². The van der Waals surface area contributed by atoms with Gasteiger partial charge in [-0.05, 0) is 90.0 Å². The van der Waals surface area contributed by atoms with Gasteiger partial charge in [0.05, 0.1) is 5.56 Å². The van der Waals surface area contributed by atoms with Crippen molar-refractivity contribution in [3.05, 3.63) is 75.9 Å². The smallest absolute Gasteiger partial charge is 0.335 e. The first-order valence-corrected chi connectivity index (χ1v) is 10.8. The molecule has 2 aromatic rings. The molecule has 4 rings (SSSR count). The second kappa shape index (κ2) is 8.02. The van der Waals surface area contributed by atoms with E-state index in [9.17, 15) is 4.79 Å². The van der Waals surface area contributed by atoms with E-state index >= 15 is 0 Å². The average Bonchev–Trinajstić information content (AvgIpc) is 2.73. The van der Waals surface area contributed by atoms with Crippen LogP contribution in [0.25, 0.3) is 17.7 Å². The number of rotatable bonds is 3. The van der Waals surface area contributed by atoms with Gasteiger partial charge in [-0.25, -0.2) is 4.79 Å². The number of benzene rings is 2. The van der Waals surface area contributed by atoms with Crippen molar-refractivity contribution in [3.63, 3.8) is 0 Å². The van der Waals surface area contributed by atoms with Crippen LogP contribution >= 0.6 is 0 Å². The monoisotopic (exact) mass is 386 g/mol. The lowest BCUT2D eigenvalue weighted by molar-refractivity contribution is 0.0697. The quantitative estimate of drug-likeness (QED) is 0.560. The van der Waals surface area contributed by atoms with E-state index in [4.69, 9.17) is 5.11 Å². The van der Waals surface area contributed by atoms with Crippen LogP contribution in [0.15, 0.2) is 48.0 Å². The molecule has 2 nitrogen and oxygen atoms in total. The molecule has 0 atom stereocenters. The highest BCUT2D eigenvalue weighted by molar-refractivity contribution is 5.88. The van der Waals surface area contributed by atoms with Gasteiger partial charge >= 0.3 is 5.97 Å². The van der Waals surface area contributed by atoms with Gasteiger partial charge in [-0.3, -0.25) is 0 Å². The summed E-state index contributed by atoms with van der Waals surface area (Å²) in [5, 5.41) is 9.05. The molecule has 1 saturated carbocycles. The summed E-state index contributed by atoms with van der Waals surface area (Å²) >= 11 is 0. The molecule has 150 valence electrons. The predicted octanol–water partition coefficient (Wildman–Crippen LogP) is 7.34. The Hall–Kier alpha value is -2.61. The molecule has 2 heteroatoms. The average molecular weight is 387 g/mol. The Labute approximate surface area is 174 Å². The maximum atomic E-state index is 11.0. The van der Waals surface area contributed by atoms with Gasteiger partial charge in [-0.15, -0.1) is 0 Å². The van der Waals surface area contributed by atoms with Crippen LogP contribution in [0.1, 0.15) is 91.4 Å². The van der Waals surface area contributed by atoms with Gasteiger partial charge in [0.25, 0.3) is 0 Å². The molecule has 0 heterocycles. The molecule has 0 radical (unpaired) electrons. The van der Waals surface area contributed by atoms with Crippen molar-refractivity contribution in [2.24, 2.45) is 0 Å². The molecule has 0 saturated heterocycles. The zero-order valence-corrected chi connectivity index (χ0v) is 17.5. The molecule has 0 aliphatic heterocycles. The van der Waals surface area contributed by atoms with Crippen LogP contribution in [-0.2, 0) is 5.41 Å². The van der Waals surface area contributed by atoms with Gasteiger partial charge in [0.2, 0.25) is 0 Å². The Bertz CT molecular complexity index is 966. The molecule has 2 aliphatic carbocycles. The summed E-state index contributed by atoms with van der Waals surface area (Å²) in [5.41, 5.74) is 9.02. The molecule has 1 fully saturated rings. The van der Waals surface area contributed by atoms with E-state index in [0.717, 1.165) is 5.56 Å². The Morgan fingerprint density at radius 2 is 1.55 bits per heavy atom. The van der Waals surface area contributed by atoms with E-state index < -0.39 is 5.97 Å². The highest BCUT2D eigenvalue weighted by Crippen LogP contribution is 2.45. The Morgan fingerprint density at radius 1 is 0.897 bits per heavy atom. The first kappa shape index (κ1) is 19.7. The van der Waals surface area contributed by atoms with E-state index in [-0.39, 0.29) is 5.41 Å². The zero-order chi connectivity index (χ0) is 20.4. The molecular formula is C27H30O2. The summed E-state index contributed by atoms with van der Waals surface area (Å²) in [6.07, 6.45) is 13.2. The second-order valence-electron chi connectivity index (χ2n) is 9.09. The maximum absolute atomic E-state index is 11.0. The van der Waals surface area contributed by atoms with E-state index in [0.29, 0.717) is 5.56 Å². The van der Waals surface area contributed by atoms with Gasteiger partial charge in [0.15, 0.2) is 0 Å². The third kappa shape index (κ3) is 4.22. The fourth-order valence-electron chi connectivity index (χ4n) is 4.79. The van der Waals surface area contributed by atoms with Crippen molar-refractivity contribution in [1.29, 1.82) is 0 Å². The number of hydrogen-bond donors (Lipinski definition) is 1. The number of fused-ring (bicyclic) bond motifs is 1. The highest BCUT2D eigenvalue weighted by atomic mass is 16.4. The minimum absolute atomic E-state index is 0.225. The number of aromatic carboxylic acids is 1. The number of allylic oxidation sites excluding steroid dienone is 2. The number of carbonyl (C=O) groups is 1. The summed E-state index contributed by atoms with van der Waals surface area (Å²) in [6, 6.07) is 13.9. The minimum atomic E-state index is -0.888. The number of hydrogen-bond acceptors (Lipinski definition) is 1. The van der Waals surface area contributed by atoms with Crippen molar-refractivity contribution in [1.82, 2.24) is 0 Å². The predicted molar refractivity (Wildman–Crippen MR) is 121 cm³/mol. The fourth-order valence-corrected chi connectivity index (χ4v) is 4.79. The van der Waals surface area contributed by atoms with Crippen molar-refractivity contribution < 1.29 is 9.90 Å². The molecule has 1 N–H and O–H groups in total. The van der Waals surface area contributed by atoms with Gasteiger partial charge in [-0.2, -0.15) is 0 Å². The van der Waals surface area contributed by atoms with Crippen LogP contribution < -0.4 is 0 Å². The standard InChI is InChI=1S/C27H30O2/c1-27(2)17-16-23(21-6-4-3-5-7-21)24-18-20(12-15-25(24)27)9-8-19-10-13-22(14-11-19)26(28)29/h8-15,18H,3-7,16-17H2,1-2H3,(H,28,29). The maximum Gasteiger partial charge on any atom is 0.335 e. The molecule has 0 spiro atoms. The van der Waals surface area contributed by atoms with E-state index in [1.807, 2.05) is 12.1 Å². The SMILES string of the molecule is CC1(C)CCC(=C2CCCCC2)c2cc(C=Cc3ccc(C(=O)O)cc3)ccc21. The molecule has 0 bridgehead atoms. The van der Waals surface area contributed by atoms with E-state index in [1.165, 1.54) is 61.6 Å². The zero-order valence-electron chi connectivity index (χ0n) is 17.5. The molecule has 2 aromatic carbocycles. The van der Waals surface area contributed by atoms with Crippen LogP contribution in [0.4, 0.5) is 0 Å². The third-order valence-corrected chi connectivity index (χ3v) is 6.61. The summed E-state index contributed by atoms with van der Waals surface area (Å²) in [5.74, 6) is -0.888. The highest BCUT2D eigenvalue weighted by Gasteiger charge is 2.31. The third-order valence-electron chi connectivity index (χ3n) is 6.61. The minimum Gasteiger partial charge on any atom is -0.478 e. The summed E-state index contributed by atoms with van der Waals surface area (Å²) in [4.78, 5) is 11.0. The lowest BCUT2D eigenvalue weighted by Crippen LogP contribution is -2.24. The van der Waals surface area contributed by atoms with Crippen LogP contribution in [0.5, 0.6) is 0 Å². The normalized spacial score (nSPS) is 18.7. The van der Waals surface area contributed by atoms with Gasteiger partial charge in [-0.1, -0.05) is 62.3 Å². The number of carboxylic acid groups (broad SMARTS) is 1.